The number of carboxylic acids is 1. The fourth-order valence-corrected chi connectivity index (χ4v) is 3.67. The number of aromatic nitrogens is 1. The number of hydrogen-bond acceptors (Lipinski definition) is 8. The number of carboxylic acid groups (broad SMARTS) is 1. The number of pyridine rings is 1. The molecule has 0 bridgehead atoms. The molecular formula is C20H17N3O6S2. The number of amides is 2. The minimum Gasteiger partial charge on any atom is -0.493 e. The second kappa shape index (κ2) is 9.58. The van der Waals surface area contributed by atoms with Gasteiger partial charge in [0.2, 0.25) is 0 Å². The number of carbonyl (C=O) groups is 3. The zero-order chi connectivity index (χ0) is 22.5. The molecule has 2 amide bonds. The lowest BCUT2D eigenvalue weighted by molar-refractivity contribution is -0.144. The topological polar surface area (TPSA) is 118 Å². The second-order valence-corrected chi connectivity index (χ2v) is 7.88. The van der Waals surface area contributed by atoms with E-state index < -0.39 is 23.9 Å². The fraction of sp³-hybridized carbons (Fsp3) is 0.150. The van der Waals surface area contributed by atoms with E-state index in [4.69, 9.17) is 26.8 Å². The number of benzene rings is 1. The summed E-state index contributed by atoms with van der Waals surface area (Å²) in [5.41, 5.74) is 3.37. The Balaban J connectivity index is 1.77. The number of rotatable bonds is 7. The summed E-state index contributed by atoms with van der Waals surface area (Å²) >= 11 is 6.25. The van der Waals surface area contributed by atoms with Crippen LogP contribution in [0.1, 0.15) is 22.8 Å². The second-order valence-electron chi connectivity index (χ2n) is 6.21. The van der Waals surface area contributed by atoms with Gasteiger partial charge in [-0.3, -0.25) is 20.0 Å². The van der Waals surface area contributed by atoms with Crippen molar-refractivity contribution in [2.75, 3.05) is 7.11 Å². The summed E-state index contributed by atoms with van der Waals surface area (Å²) < 4.78 is 10.8. The Bertz CT molecular complexity index is 1070. The van der Waals surface area contributed by atoms with Gasteiger partial charge in [0.15, 0.2) is 21.9 Å². The largest absolute Gasteiger partial charge is 0.493 e. The van der Waals surface area contributed by atoms with Gasteiger partial charge >= 0.3 is 5.97 Å². The van der Waals surface area contributed by atoms with E-state index in [-0.39, 0.29) is 15.6 Å². The molecule has 2 N–H and O–H groups in total. The van der Waals surface area contributed by atoms with E-state index in [1.807, 2.05) is 0 Å². The van der Waals surface area contributed by atoms with Gasteiger partial charge in [-0.2, -0.15) is 5.01 Å². The molecular weight excluding hydrogens is 442 g/mol. The van der Waals surface area contributed by atoms with Crippen LogP contribution < -0.4 is 14.9 Å². The normalized spacial score (nSPS) is 15.7. The molecule has 1 aliphatic heterocycles. The minimum absolute atomic E-state index is 0.177. The maximum Gasteiger partial charge on any atom is 0.344 e. The summed E-state index contributed by atoms with van der Waals surface area (Å²) in [5, 5.41) is 10.0. The number of nitrogens with zero attached hydrogens (tertiary/aromatic N) is 2. The van der Waals surface area contributed by atoms with Crippen LogP contribution in [-0.4, -0.2) is 50.4 Å². The molecule has 11 heteroatoms. The molecule has 160 valence electrons. The van der Waals surface area contributed by atoms with E-state index in [1.165, 1.54) is 26.4 Å². The number of methoxy groups -OCH3 is 1. The van der Waals surface area contributed by atoms with Gasteiger partial charge in [0.25, 0.3) is 11.8 Å². The van der Waals surface area contributed by atoms with Crippen molar-refractivity contribution in [3.63, 3.8) is 0 Å². The molecule has 2 heterocycles. The highest BCUT2D eigenvalue weighted by molar-refractivity contribution is 8.26. The summed E-state index contributed by atoms with van der Waals surface area (Å²) in [6, 6.07) is 7.97. The number of hydrazine groups is 1. The van der Waals surface area contributed by atoms with Crippen molar-refractivity contribution in [3.05, 3.63) is 58.8 Å². The Morgan fingerprint density at radius 3 is 2.74 bits per heavy atom. The summed E-state index contributed by atoms with van der Waals surface area (Å²) in [6.07, 6.45) is 3.44. The Morgan fingerprint density at radius 2 is 2.10 bits per heavy atom. The Hall–Kier alpha value is -3.44. The number of nitrogens with one attached hydrogen (secondary N) is 1. The molecule has 1 atom stereocenters. The molecule has 1 aromatic carbocycles. The molecule has 9 nitrogen and oxygen atoms in total. The quantitative estimate of drug-likeness (QED) is 0.475. The third-order valence-corrected chi connectivity index (χ3v) is 5.37. The highest BCUT2D eigenvalue weighted by Crippen LogP contribution is 2.34. The van der Waals surface area contributed by atoms with Crippen LogP contribution in [0, 0.1) is 0 Å². The summed E-state index contributed by atoms with van der Waals surface area (Å²) in [4.78, 5) is 40.2. The van der Waals surface area contributed by atoms with Crippen molar-refractivity contribution >= 4 is 52.2 Å². The van der Waals surface area contributed by atoms with Crippen molar-refractivity contribution in [1.82, 2.24) is 15.4 Å². The van der Waals surface area contributed by atoms with Crippen LogP contribution in [0.2, 0.25) is 0 Å². The number of hydrogen-bond donors (Lipinski definition) is 2. The third kappa shape index (κ3) is 5.19. The lowest BCUT2D eigenvalue weighted by Crippen LogP contribution is -2.44. The van der Waals surface area contributed by atoms with Crippen LogP contribution in [0.15, 0.2) is 47.6 Å². The van der Waals surface area contributed by atoms with Gasteiger partial charge in [-0.1, -0.05) is 17.8 Å². The molecule has 1 fully saturated rings. The molecule has 3 rings (SSSR count). The van der Waals surface area contributed by atoms with Gasteiger partial charge in [0.05, 0.1) is 17.6 Å². The van der Waals surface area contributed by atoms with Crippen molar-refractivity contribution in [1.29, 1.82) is 0 Å². The van der Waals surface area contributed by atoms with Crippen LogP contribution in [0.5, 0.6) is 11.5 Å². The first-order chi connectivity index (χ1) is 14.8. The maximum absolute atomic E-state index is 12.7. The van der Waals surface area contributed by atoms with Crippen molar-refractivity contribution in [2.24, 2.45) is 0 Å². The zero-order valence-electron chi connectivity index (χ0n) is 16.4. The van der Waals surface area contributed by atoms with Crippen LogP contribution in [0.25, 0.3) is 6.08 Å². The first-order valence-corrected chi connectivity index (χ1v) is 10.1. The van der Waals surface area contributed by atoms with Gasteiger partial charge in [-0.15, -0.1) is 0 Å². The van der Waals surface area contributed by atoms with Gasteiger partial charge in [0, 0.05) is 12.4 Å². The molecule has 0 saturated carbocycles. The van der Waals surface area contributed by atoms with Gasteiger partial charge < -0.3 is 14.6 Å². The maximum atomic E-state index is 12.7. The molecule has 31 heavy (non-hydrogen) atoms. The molecule has 1 aliphatic rings. The van der Waals surface area contributed by atoms with Crippen molar-refractivity contribution in [2.45, 2.75) is 13.0 Å². The van der Waals surface area contributed by atoms with Crippen LogP contribution in [0.4, 0.5) is 0 Å². The lowest BCUT2D eigenvalue weighted by Gasteiger charge is -2.15. The minimum atomic E-state index is -1.11. The van der Waals surface area contributed by atoms with Gasteiger partial charge in [-0.05, 0) is 55.0 Å². The van der Waals surface area contributed by atoms with E-state index in [0.717, 1.165) is 16.8 Å². The molecule has 0 radical (unpaired) electrons. The first kappa shape index (κ1) is 22.2. The fourth-order valence-electron chi connectivity index (χ4n) is 2.49. The molecule has 1 aromatic heterocycles. The number of thioether (sulfide) groups is 1. The van der Waals surface area contributed by atoms with Crippen LogP contribution in [0.3, 0.4) is 0 Å². The Morgan fingerprint density at radius 1 is 1.32 bits per heavy atom. The first-order valence-electron chi connectivity index (χ1n) is 8.86. The van der Waals surface area contributed by atoms with Crippen LogP contribution in [-0.2, 0) is 9.59 Å². The Labute approximate surface area is 187 Å². The smallest absolute Gasteiger partial charge is 0.344 e. The molecule has 1 unspecified atom stereocenters. The number of carbonyl (C=O) groups excluding carboxylic acids is 2. The highest BCUT2D eigenvalue weighted by Gasteiger charge is 2.34. The zero-order valence-corrected chi connectivity index (χ0v) is 18.0. The summed E-state index contributed by atoms with van der Waals surface area (Å²) in [5.74, 6) is -1.54. The predicted molar refractivity (Wildman–Crippen MR) is 117 cm³/mol. The SMILES string of the molecule is COc1cc(/C=C2/SC(=S)N(NC(=O)c3cccnc3)C2=O)ccc1OC(C)C(=O)O. The van der Waals surface area contributed by atoms with Crippen molar-refractivity contribution in [3.8, 4) is 11.5 Å². The van der Waals surface area contributed by atoms with E-state index in [9.17, 15) is 14.4 Å². The molecule has 0 aliphatic carbocycles. The average molecular weight is 460 g/mol. The molecule has 2 aromatic rings. The van der Waals surface area contributed by atoms with E-state index in [0.29, 0.717) is 16.2 Å². The van der Waals surface area contributed by atoms with Crippen LogP contribution >= 0.6 is 24.0 Å². The number of thiocarbonyl (C=S) groups is 1. The van der Waals surface area contributed by atoms with E-state index >= 15 is 0 Å². The monoisotopic (exact) mass is 459 g/mol. The molecule has 0 spiro atoms. The van der Waals surface area contributed by atoms with E-state index in [1.54, 1.807) is 36.4 Å². The number of ether oxygens (including phenoxy) is 2. The lowest BCUT2D eigenvalue weighted by atomic mass is 10.2. The standard InChI is InChI=1S/C20H17N3O6S2/c1-11(19(26)27)29-14-6-5-12(8-15(14)28-2)9-16-18(25)23(20(30)31-16)22-17(24)13-4-3-7-21-10-13/h3-11H,1-2H3,(H,22,24)(H,26,27)/b16-9+. The van der Waals surface area contributed by atoms with Gasteiger partial charge in [-0.25, -0.2) is 4.79 Å². The third-order valence-electron chi connectivity index (χ3n) is 4.07. The highest BCUT2D eigenvalue weighted by atomic mass is 32.2. The number of aliphatic carboxylic acids is 1. The summed E-state index contributed by atoms with van der Waals surface area (Å²) in [6.45, 7) is 1.40. The predicted octanol–water partition coefficient (Wildman–Crippen LogP) is 2.49. The van der Waals surface area contributed by atoms with Gasteiger partial charge in [0.1, 0.15) is 0 Å². The molecule has 1 saturated heterocycles. The average Bonchev–Trinajstić information content (AvgIpc) is 3.02. The van der Waals surface area contributed by atoms with Crippen molar-refractivity contribution < 1.29 is 29.0 Å². The summed E-state index contributed by atoms with van der Waals surface area (Å²) in [7, 11) is 1.42. The Kier molecular flexibility index (Phi) is 6.88. The van der Waals surface area contributed by atoms with E-state index in [2.05, 4.69) is 10.4 Å².